The minimum atomic E-state index is -4.02. The third-order valence-electron chi connectivity index (χ3n) is 4.43. The van der Waals surface area contributed by atoms with Crippen LogP contribution in [-0.2, 0) is 19.6 Å². The SMILES string of the molecule is O=C(C[C@H]1C(=O)Nc2ccccc2N1S(=O)(=O)c1cccs1)Nc1ccccc1. The van der Waals surface area contributed by atoms with Crippen molar-refractivity contribution in [2.75, 3.05) is 14.9 Å². The molecule has 3 aromatic rings. The first-order valence-electron chi connectivity index (χ1n) is 8.79. The number of thiophene rings is 1. The lowest BCUT2D eigenvalue weighted by Gasteiger charge is -2.36. The van der Waals surface area contributed by atoms with E-state index in [0.717, 1.165) is 15.6 Å². The van der Waals surface area contributed by atoms with Crippen molar-refractivity contribution in [2.45, 2.75) is 16.7 Å². The number of amides is 2. The molecule has 0 saturated carbocycles. The summed E-state index contributed by atoms with van der Waals surface area (Å²) in [6.45, 7) is 0. The predicted molar refractivity (Wildman–Crippen MR) is 113 cm³/mol. The van der Waals surface area contributed by atoms with Crippen LogP contribution in [-0.4, -0.2) is 26.3 Å². The first-order valence-corrected chi connectivity index (χ1v) is 11.1. The van der Waals surface area contributed by atoms with Crippen LogP contribution in [0.1, 0.15) is 6.42 Å². The fourth-order valence-electron chi connectivity index (χ4n) is 3.15. The third-order valence-corrected chi connectivity index (χ3v) is 7.63. The van der Waals surface area contributed by atoms with E-state index in [4.69, 9.17) is 0 Å². The average molecular weight is 428 g/mol. The van der Waals surface area contributed by atoms with Crippen molar-refractivity contribution in [1.82, 2.24) is 0 Å². The van der Waals surface area contributed by atoms with Crippen molar-refractivity contribution in [3.8, 4) is 0 Å². The fourth-order valence-corrected chi connectivity index (χ4v) is 5.86. The molecule has 7 nitrogen and oxygen atoms in total. The average Bonchev–Trinajstić information content (AvgIpc) is 3.25. The van der Waals surface area contributed by atoms with Gasteiger partial charge in [0.1, 0.15) is 10.3 Å². The first-order chi connectivity index (χ1) is 14.0. The molecule has 2 aromatic carbocycles. The largest absolute Gasteiger partial charge is 0.326 e. The number of benzene rings is 2. The topological polar surface area (TPSA) is 95.6 Å². The highest BCUT2D eigenvalue weighted by Crippen LogP contribution is 2.38. The molecule has 0 bridgehead atoms. The van der Waals surface area contributed by atoms with E-state index >= 15 is 0 Å². The number of hydrogen-bond donors (Lipinski definition) is 2. The maximum Gasteiger partial charge on any atom is 0.274 e. The van der Waals surface area contributed by atoms with Gasteiger partial charge in [-0.3, -0.25) is 13.9 Å². The number of nitrogens with one attached hydrogen (secondary N) is 2. The molecule has 0 fully saturated rings. The number of para-hydroxylation sites is 3. The molecule has 2 heterocycles. The molecule has 148 valence electrons. The highest BCUT2D eigenvalue weighted by molar-refractivity contribution is 7.94. The van der Waals surface area contributed by atoms with E-state index in [1.165, 1.54) is 6.07 Å². The molecule has 2 N–H and O–H groups in total. The molecule has 4 rings (SSSR count). The highest BCUT2D eigenvalue weighted by Gasteiger charge is 2.42. The third kappa shape index (κ3) is 3.74. The number of carbonyl (C=O) groups excluding carboxylic acids is 2. The predicted octanol–water partition coefficient (Wildman–Crippen LogP) is 3.29. The van der Waals surface area contributed by atoms with Crippen molar-refractivity contribution in [1.29, 1.82) is 0 Å². The van der Waals surface area contributed by atoms with E-state index in [1.54, 1.807) is 60.0 Å². The van der Waals surface area contributed by atoms with E-state index in [0.29, 0.717) is 17.1 Å². The molecule has 1 aliphatic heterocycles. The normalized spacial score (nSPS) is 16.1. The van der Waals surface area contributed by atoms with Crippen LogP contribution in [0.25, 0.3) is 0 Å². The molecule has 29 heavy (non-hydrogen) atoms. The molecular weight excluding hydrogens is 410 g/mol. The maximum atomic E-state index is 13.3. The summed E-state index contributed by atoms with van der Waals surface area (Å²) < 4.78 is 27.8. The monoisotopic (exact) mass is 427 g/mol. The van der Waals surface area contributed by atoms with E-state index < -0.39 is 27.9 Å². The number of sulfonamides is 1. The minimum Gasteiger partial charge on any atom is -0.326 e. The summed E-state index contributed by atoms with van der Waals surface area (Å²) in [5, 5.41) is 7.06. The molecule has 0 unspecified atom stereocenters. The van der Waals surface area contributed by atoms with Crippen LogP contribution >= 0.6 is 11.3 Å². The lowest BCUT2D eigenvalue weighted by molar-refractivity contribution is -0.122. The van der Waals surface area contributed by atoms with Crippen molar-refractivity contribution < 1.29 is 18.0 Å². The highest BCUT2D eigenvalue weighted by atomic mass is 32.2. The summed E-state index contributed by atoms with van der Waals surface area (Å²) in [5.41, 5.74) is 1.29. The van der Waals surface area contributed by atoms with Crippen LogP contribution in [0.2, 0.25) is 0 Å². The molecule has 0 spiro atoms. The van der Waals surface area contributed by atoms with Crippen LogP contribution in [0, 0.1) is 0 Å². The van der Waals surface area contributed by atoms with Gasteiger partial charge < -0.3 is 10.6 Å². The van der Waals surface area contributed by atoms with Crippen LogP contribution in [0.5, 0.6) is 0 Å². The van der Waals surface area contributed by atoms with E-state index in [9.17, 15) is 18.0 Å². The van der Waals surface area contributed by atoms with Gasteiger partial charge in [-0.25, -0.2) is 8.42 Å². The van der Waals surface area contributed by atoms with Crippen LogP contribution in [0.15, 0.2) is 76.3 Å². The number of anilines is 3. The van der Waals surface area contributed by atoms with Gasteiger partial charge in [-0.2, -0.15) is 0 Å². The molecule has 0 aliphatic carbocycles. The second-order valence-electron chi connectivity index (χ2n) is 6.37. The van der Waals surface area contributed by atoms with Crippen LogP contribution in [0.4, 0.5) is 17.1 Å². The Morgan fingerprint density at radius 1 is 1.03 bits per heavy atom. The van der Waals surface area contributed by atoms with Crippen molar-refractivity contribution in [3.63, 3.8) is 0 Å². The molecular formula is C20H17N3O4S2. The Labute approximate surface area is 172 Å². The summed E-state index contributed by atoms with van der Waals surface area (Å²) in [5.74, 6) is -1.01. The Hall–Kier alpha value is -3.17. The lowest BCUT2D eigenvalue weighted by atomic mass is 10.1. The zero-order chi connectivity index (χ0) is 20.4. The zero-order valence-corrected chi connectivity index (χ0v) is 16.7. The maximum absolute atomic E-state index is 13.3. The number of hydrogen-bond acceptors (Lipinski definition) is 5. The van der Waals surface area contributed by atoms with Crippen LogP contribution < -0.4 is 14.9 Å². The first kappa shape index (κ1) is 19.2. The summed E-state index contributed by atoms with van der Waals surface area (Å²) in [4.78, 5) is 25.4. The Morgan fingerprint density at radius 2 is 1.76 bits per heavy atom. The Bertz CT molecular complexity index is 1150. The van der Waals surface area contributed by atoms with Gasteiger partial charge in [-0.05, 0) is 35.7 Å². The molecule has 9 heteroatoms. The number of fused-ring (bicyclic) bond motifs is 1. The lowest BCUT2D eigenvalue weighted by Crippen LogP contribution is -2.52. The summed E-state index contributed by atoms with van der Waals surface area (Å²) >= 11 is 1.06. The minimum absolute atomic E-state index is 0.107. The van der Waals surface area contributed by atoms with Gasteiger partial charge in [0, 0.05) is 5.69 Å². The summed E-state index contributed by atoms with van der Waals surface area (Å²) in [6, 6.07) is 17.3. The van der Waals surface area contributed by atoms with Gasteiger partial charge in [0.05, 0.1) is 17.8 Å². The Morgan fingerprint density at radius 3 is 2.48 bits per heavy atom. The number of carbonyl (C=O) groups is 2. The standard InChI is InChI=1S/C20H17N3O4S2/c24-18(21-14-7-2-1-3-8-14)13-17-20(25)22-15-9-4-5-10-16(15)23(17)29(26,27)19-11-6-12-28-19/h1-12,17H,13H2,(H,21,24)(H,22,25)/t17-/m0/s1. The summed E-state index contributed by atoms with van der Waals surface area (Å²) in [6.07, 6.45) is -0.320. The summed E-state index contributed by atoms with van der Waals surface area (Å²) in [7, 11) is -4.02. The molecule has 0 saturated heterocycles. The van der Waals surface area contributed by atoms with E-state index in [-0.39, 0.29) is 10.6 Å². The second-order valence-corrected chi connectivity index (χ2v) is 9.36. The molecule has 1 aromatic heterocycles. The quantitative estimate of drug-likeness (QED) is 0.653. The molecule has 2 amide bonds. The molecule has 1 aliphatic rings. The Kier molecular flexibility index (Phi) is 5.08. The fraction of sp³-hybridized carbons (Fsp3) is 0.100. The number of rotatable bonds is 5. The van der Waals surface area contributed by atoms with E-state index in [1.807, 2.05) is 6.07 Å². The van der Waals surface area contributed by atoms with Gasteiger partial charge >= 0.3 is 0 Å². The van der Waals surface area contributed by atoms with Crippen LogP contribution in [0.3, 0.4) is 0 Å². The van der Waals surface area contributed by atoms with Gasteiger partial charge in [0.25, 0.3) is 10.0 Å². The second kappa shape index (κ2) is 7.69. The molecule has 0 radical (unpaired) electrons. The number of nitrogens with zero attached hydrogens (tertiary/aromatic N) is 1. The van der Waals surface area contributed by atoms with Crippen molar-refractivity contribution in [3.05, 3.63) is 72.1 Å². The molecule has 1 atom stereocenters. The van der Waals surface area contributed by atoms with E-state index in [2.05, 4.69) is 10.6 Å². The van der Waals surface area contributed by atoms with Crippen molar-refractivity contribution in [2.24, 2.45) is 0 Å². The van der Waals surface area contributed by atoms with Gasteiger partial charge in [0.15, 0.2) is 0 Å². The smallest absolute Gasteiger partial charge is 0.274 e. The van der Waals surface area contributed by atoms with Gasteiger partial charge in [-0.1, -0.05) is 36.4 Å². The Balaban J connectivity index is 1.71. The zero-order valence-electron chi connectivity index (χ0n) is 15.1. The van der Waals surface area contributed by atoms with Crippen molar-refractivity contribution >= 4 is 50.2 Å². The van der Waals surface area contributed by atoms with Gasteiger partial charge in [0.2, 0.25) is 11.8 Å². The van der Waals surface area contributed by atoms with Gasteiger partial charge in [-0.15, -0.1) is 11.3 Å².